The molecular weight excluding hydrogens is 245 g/mol. The zero-order chi connectivity index (χ0) is 10.0. The minimum absolute atomic E-state index is 0.0254. The summed E-state index contributed by atoms with van der Waals surface area (Å²) in [5.74, 6) is -0.795. The lowest BCUT2D eigenvalue weighted by atomic mass is 10.2. The highest BCUT2D eigenvalue weighted by Crippen LogP contribution is 2.29. The highest BCUT2D eigenvalue weighted by Gasteiger charge is 2.18. The first-order chi connectivity index (χ1) is 6.07. The van der Waals surface area contributed by atoms with E-state index in [2.05, 4.69) is 15.9 Å². The van der Waals surface area contributed by atoms with Gasteiger partial charge in [-0.1, -0.05) is 0 Å². The molecule has 6 heteroatoms. The molecule has 0 aromatic heterocycles. The van der Waals surface area contributed by atoms with Gasteiger partial charge in [-0.05, 0) is 22.0 Å². The number of hydrogen-bond donors (Lipinski definition) is 1. The second kappa shape index (κ2) is 3.80. The van der Waals surface area contributed by atoms with Crippen LogP contribution in [0.5, 0.6) is 0 Å². The number of nitro benzene ring substituents is 1. The first-order valence-electron chi connectivity index (χ1n) is 3.30. The van der Waals surface area contributed by atoms with Crippen LogP contribution in [0.2, 0.25) is 0 Å². The lowest BCUT2D eigenvalue weighted by molar-refractivity contribution is -0.385. The van der Waals surface area contributed by atoms with E-state index in [0.717, 1.165) is 6.07 Å². The third-order valence-corrected chi connectivity index (χ3v) is 2.26. The largest absolute Gasteiger partial charge is 0.392 e. The highest BCUT2D eigenvalue weighted by atomic mass is 79.9. The van der Waals surface area contributed by atoms with Gasteiger partial charge in [-0.2, -0.15) is 0 Å². The summed E-state index contributed by atoms with van der Waals surface area (Å²) in [7, 11) is 0. The molecule has 1 N–H and O–H groups in total. The Morgan fingerprint density at radius 1 is 1.62 bits per heavy atom. The van der Waals surface area contributed by atoms with E-state index in [1.165, 1.54) is 6.07 Å². The van der Waals surface area contributed by atoms with E-state index >= 15 is 0 Å². The SMILES string of the molecule is O=[N+]([O-])c1ccc(CO)c(F)c1Br. The molecule has 0 amide bonds. The molecule has 0 heterocycles. The Kier molecular flexibility index (Phi) is 2.94. The Morgan fingerprint density at radius 2 is 2.23 bits per heavy atom. The maximum Gasteiger partial charge on any atom is 0.286 e. The van der Waals surface area contributed by atoms with Crippen molar-refractivity contribution in [2.24, 2.45) is 0 Å². The Labute approximate surface area is 81.3 Å². The lowest BCUT2D eigenvalue weighted by Gasteiger charge is -2.01. The van der Waals surface area contributed by atoms with Gasteiger partial charge >= 0.3 is 0 Å². The van der Waals surface area contributed by atoms with Gasteiger partial charge in [0.25, 0.3) is 5.69 Å². The number of rotatable bonds is 2. The van der Waals surface area contributed by atoms with Gasteiger partial charge in [-0.3, -0.25) is 10.1 Å². The van der Waals surface area contributed by atoms with Gasteiger partial charge in [0.05, 0.1) is 11.5 Å². The first kappa shape index (κ1) is 10.1. The van der Waals surface area contributed by atoms with Crippen molar-refractivity contribution in [3.8, 4) is 0 Å². The molecule has 70 valence electrons. The van der Waals surface area contributed by atoms with Crippen LogP contribution in [0, 0.1) is 15.9 Å². The molecule has 13 heavy (non-hydrogen) atoms. The van der Waals surface area contributed by atoms with Crippen molar-refractivity contribution in [2.75, 3.05) is 0 Å². The first-order valence-corrected chi connectivity index (χ1v) is 4.09. The monoisotopic (exact) mass is 249 g/mol. The van der Waals surface area contributed by atoms with Gasteiger partial charge in [0.2, 0.25) is 0 Å². The van der Waals surface area contributed by atoms with Crippen molar-refractivity contribution in [2.45, 2.75) is 6.61 Å². The Hall–Kier alpha value is -1.01. The van der Waals surface area contributed by atoms with Crippen LogP contribution in [0.3, 0.4) is 0 Å². The molecule has 1 aromatic rings. The molecule has 0 fully saturated rings. The standard InChI is InChI=1S/C7H5BrFNO3/c8-6-5(10(12)13)2-1-4(3-11)7(6)9/h1-2,11H,3H2. The fourth-order valence-electron chi connectivity index (χ4n) is 0.842. The fourth-order valence-corrected chi connectivity index (χ4v) is 1.37. The van der Waals surface area contributed by atoms with E-state index in [4.69, 9.17) is 5.11 Å². The third-order valence-electron chi connectivity index (χ3n) is 1.51. The highest BCUT2D eigenvalue weighted by molar-refractivity contribution is 9.10. The molecule has 0 saturated carbocycles. The van der Waals surface area contributed by atoms with E-state index in [-0.39, 0.29) is 15.7 Å². The number of halogens is 2. The summed E-state index contributed by atoms with van der Waals surface area (Å²) in [5, 5.41) is 19.0. The maximum absolute atomic E-state index is 13.1. The van der Waals surface area contributed by atoms with Gasteiger partial charge < -0.3 is 5.11 Å². The number of aliphatic hydroxyl groups excluding tert-OH is 1. The van der Waals surface area contributed by atoms with Crippen LogP contribution in [0.15, 0.2) is 16.6 Å². The normalized spacial score (nSPS) is 10.1. The smallest absolute Gasteiger partial charge is 0.286 e. The average Bonchev–Trinajstić information content (AvgIpc) is 2.09. The molecule has 0 aliphatic heterocycles. The van der Waals surface area contributed by atoms with E-state index in [1.54, 1.807) is 0 Å². The predicted molar refractivity (Wildman–Crippen MR) is 46.7 cm³/mol. The van der Waals surface area contributed by atoms with Crippen LogP contribution in [0.1, 0.15) is 5.56 Å². The van der Waals surface area contributed by atoms with Gasteiger partial charge in [0.15, 0.2) is 0 Å². The third kappa shape index (κ3) is 1.84. The van der Waals surface area contributed by atoms with Crippen LogP contribution >= 0.6 is 15.9 Å². The number of aliphatic hydroxyl groups is 1. The van der Waals surface area contributed by atoms with Crippen molar-refractivity contribution in [1.29, 1.82) is 0 Å². The van der Waals surface area contributed by atoms with Crippen LogP contribution in [-0.2, 0) is 6.61 Å². The van der Waals surface area contributed by atoms with Gasteiger partial charge in [0.1, 0.15) is 10.3 Å². The number of nitrogens with zero attached hydrogens (tertiary/aromatic N) is 1. The predicted octanol–water partition coefficient (Wildman–Crippen LogP) is 1.99. The molecule has 0 aliphatic rings. The summed E-state index contributed by atoms with van der Waals surface area (Å²) in [5.41, 5.74) is -0.327. The molecule has 0 radical (unpaired) electrons. The van der Waals surface area contributed by atoms with E-state index < -0.39 is 17.3 Å². The summed E-state index contributed by atoms with van der Waals surface area (Å²) < 4.78 is 12.9. The average molecular weight is 250 g/mol. The molecule has 0 saturated heterocycles. The number of benzene rings is 1. The molecule has 0 bridgehead atoms. The van der Waals surface area contributed by atoms with E-state index in [0.29, 0.717) is 0 Å². The number of nitro groups is 1. The van der Waals surface area contributed by atoms with Crippen LogP contribution < -0.4 is 0 Å². The summed E-state index contributed by atoms with van der Waals surface area (Å²) in [6.45, 7) is -0.484. The Balaban J connectivity index is 3.31. The summed E-state index contributed by atoms with van der Waals surface area (Å²) in [6, 6.07) is 2.32. The quantitative estimate of drug-likeness (QED) is 0.644. The molecular formula is C7H5BrFNO3. The lowest BCUT2D eigenvalue weighted by Crippen LogP contribution is -1.96. The van der Waals surface area contributed by atoms with Crippen LogP contribution in [-0.4, -0.2) is 10.0 Å². The zero-order valence-corrected chi connectivity index (χ0v) is 7.91. The van der Waals surface area contributed by atoms with E-state index in [9.17, 15) is 14.5 Å². The second-order valence-corrected chi connectivity index (χ2v) is 3.08. The Bertz CT molecular complexity index is 356. The zero-order valence-electron chi connectivity index (χ0n) is 6.33. The topological polar surface area (TPSA) is 63.4 Å². The summed E-state index contributed by atoms with van der Waals surface area (Å²) >= 11 is 2.74. The maximum atomic E-state index is 13.1. The second-order valence-electron chi connectivity index (χ2n) is 2.29. The van der Waals surface area contributed by atoms with Crippen molar-refractivity contribution in [3.63, 3.8) is 0 Å². The summed E-state index contributed by atoms with van der Waals surface area (Å²) in [6.07, 6.45) is 0. The summed E-state index contributed by atoms with van der Waals surface area (Å²) in [4.78, 5) is 9.62. The van der Waals surface area contributed by atoms with Crippen LogP contribution in [0.4, 0.5) is 10.1 Å². The minimum atomic E-state index is -0.795. The molecule has 0 atom stereocenters. The van der Waals surface area contributed by atoms with Crippen molar-refractivity contribution >= 4 is 21.6 Å². The Morgan fingerprint density at radius 3 is 2.69 bits per heavy atom. The van der Waals surface area contributed by atoms with Crippen LogP contribution in [0.25, 0.3) is 0 Å². The molecule has 0 aliphatic carbocycles. The fraction of sp³-hybridized carbons (Fsp3) is 0.143. The molecule has 0 unspecified atom stereocenters. The van der Waals surface area contributed by atoms with Crippen molar-refractivity contribution < 1.29 is 14.4 Å². The van der Waals surface area contributed by atoms with E-state index in [1.807, 2.05) is 0 Å². The van der Waals surface area contributed by atoms with Gasteiger partial charge in [-0.15, -0.1) is 0 Å². The molecule has 1 rings (SSSR count). The molecule has 1 aromatic carbocycles. The number of hydrogen-bond acceptors (Lipinski definition) is 3. The molecule has 0 spiro atoms. The van der Waals surface area contributed by atoms with Gasteiger partial charge in [0, 0.05) is 11.6 Å². The van der Waals surface area contributed by atoms with Crippen molar-refractivity contribution in [1.82, 2.24) is 0 Å². The molecule has 4 nitrogen and oxygen atoms in total. The minimum Gasteiger partial charge on any atom is -0.392 e. The van der Waals surface area contributed by atoms with Crippen molar-refractivity contribution in [3.05, 3.63) is 38.1 Å². The van der Waals surface area contributed by atoms with Gasteiger partial charge in [-0.25, -0.2) is 4.39 Å².